The molecule has 0 spiro atoms. The number of hydrogen-bond acceptors (Lipinski definition) is 2. The zero-order chi connectivity index (χ0) is 13.0. The molecule has 1 aliphatic rings. The Morgan fingerprint density at radius 2 is 2.17 bits per heavy atom. The summed E-state index contributed by atoms with van der Waals surface area (Å²) in [6, 6.07) is 3.75. The van der Waals surface area contributed by atoms with Crippen LogP contribution in [0, 0.1) is 5.92 Å². The van der Waals surface area contributed by atoms with Gasteiger partial charge in [0, 0.05) is 17.8 Å². The Morgan fingerprint density at radius 1 is 1.44 bits per heavy atom. The van der Waals surface area contributed by atoms with Gasteiger partial charge in [0.2, 0.25) is 0 Å². The lowest BCUT2D eigenvalue weighted by molar-refractivity contribution is 0.0919. The molecule has 3 nitrogen and oxygen atoms in total. The first-order chi connectivity index (χ1) is 8.66. The van der Waals surface area contributed by atoms with Crippen LogP contribution in [-0.2, 0) is 0 Å². The van der Waals surface area contributed by atoms with E-state index in [1.54, 1.807) is 18.3 Å². The Morgan fingerprint density at radius 3 is 2.83 bits per heavy atom. The molecular weight excluding hydrogens is 292 g/mol. The molecule has 4 heteroatoms. The summed E-state index contributed by atoms with van der Waals surface area (Å²) in [5.41, 5.74) is 0.666. The zero-order valence-corrected chi connectivity index (χ0v) is 12.2. The summed E-state index contributed by atoms with van der Waals surface area (Å²) < 4.78 is 0.695. The lowest BCUT2D eigenvalue weighted by Crippen LogP contribution is -2.38. The quantitative estimate of drug-likeness (QED) is 0.868. The highest BCUT2D eigenvalue weighted by molar-refractivity contribution is 9.10. The molecule has 1 heterocycles. The number of carbonyl (C=O) groups excluding carboxylic acids is 1. The summed E-state index contributed by atoms with van der Waals surface area (Å²) in [4.78, 5) is 16.1. The van der Waals surface area contributed by atoms with Gasteiger partial charge in [0.1, 0.15) is 4.60 Å². The topological polar surface area (TPSA) is 42.0 Å². The molecule has 0 saturated heterocycles. The van der Waals surface area contributed by atoms with Crippen LogP contribution in [0.2, 0.25) is 0 Å². The fourth-order valence-corrected chi connectivity index (χ4v) is 2.95. The van der Waals surface area contributed by atoms with Crippen molar-refractivity contribution in [2.24, 2.45) is 5.92 Å². The summed E-state index contributed by atoms with van der Waals surface area (Å²) in [6.45, 7) is 2.12. The molecule has 1 aromatic rings. The van der Waals surface area contributed by atoms with Crippen LogP contribution < -0.4 is 5.32 Å². The van der Waals surface area contributed by atoms with Crippen LogP contribution in [0.5, 0.6) is 0 Å². The van der Waals surface area contributed by atoms with E-state index in [1.807, 2.05) is 0 Å². The molecule has 0 bridgehead atoms. The molecule has 1 saturated carbocycles. The molecule has 0 aromatic carbocycles. The fraction of sp³-hybridized carbons (Fsp3) is 0.571. The zero-order valence-electron chi connectivity index (χ0n) is 10.7. The lowest BCUT2D eigenvalue weighted by Gasteiger charge is -2.28. The van der Waals surface area contributed by atoms with Crippen LogP contribution in [0.3, 0.4) is 0 Å². The van der Waals surface area contributed by atoms with E-state index in [2.05, 4.69) is 33.2 Å². The highest BCUT2D eigenvalue weighted by Gasteiger charge is 2.21. The number of pyridine rings is 1. The molecule has 1 aromatic heterocycles. The maximum atomic E-state index is 12.1. The average molecular weight is 311 g/mol. The lowest BCUT2D eigenvalue weighted by atomic mass is 9.84. The number of carbonyl (C=O) groups is 1. The number of nitrogens with one attached hydrogen (secondary N) is 1. The Balaban J connectivity index is 1.94. The Hall–Kier alpha value is -0.900. The highest BCUT2D eigenvalue weighted by atomic mass is 79.9. The molecule has 2 rings (SSSR count). The molecule has 18 heavy (non-hydrogen) atoms. The molecule has 1 unspecified atom stereocenters. The van der Waals surface area contributed by atoms with Crippen molar-refractivity contribution in [3.05, 3.63) is 28.5 Å². The highest BCUT2D eigenvalue weighted by Crippen LogP contribution is 2.26. The molecule has 1 atom stereocenters. The smallest absolute Gasteiger partial charge is 0.251 e. The Labute approximate surface area is 117 Å². The summed E-state index contributed by atoms with van der Waals surface area (Å²) in [5, 5.41) is 3.11. The fourth-order valence-electron chi connectivity index (χ4n) is 2.59. The van der Waals surface area contributed by atoms with Crippen LogP contribution in [0.25, 0.3) is 0 Å². The van der Waals surface area contributed by atoms with Gasteiger partial charge in [-0.1, -0.05) is 19.3 Å². The summed E-state index contributed by atoms with van der Waals surface area (Å²) in [7, 11) is 0. The SMILES string of the molecule is CC(NC(=O)c1ccnc(Br)c1)C1CCCCC1. The normalized spacial score (nSPS) is 18.3. The van der Waals surface area contributed by atoms with E-state index in [9.17, 15) is 4.79 Å². The van der Waals surface area contributed by atoms with Crippen molar-refractivity contribution >= 4 is 21.8 Å². The van der Waals surface area contributed by atoms with Gasteiger partial charge in [0.05, 0.1) is 0 Å². The van der Waals surface area contributed by atoms with Gasteiger partial charge in [0.25, 0.3) is 5.91 Å². The van der Waals surface area contributed by atoms with Crippen molar-refractivity contribution in [3.8, 4) is 0 Å². The van der Waals surface area contributed by atoms with E-state index in [-0.39, 0.29) is 11.9 Å². The Bertz CT molecular complexity index is 416. The molecule has 0 radical (unpaired) electrons. The van der Waals surface area contributed by atoms with Crippen molar-refractivity contribution in [1.29, 1.82) is 0 Å². The van der Waals surface area contributed by atoms with E-state index in [0.29, 0.717) is 16.1 Å². The third kappa shape index (κ3) is 3.55. The van der Waals surface area contributed by atoms with E-state index >= 15 is 0 Å². The minimum Gasteiger partial charge on any atom is -0.349 e. The van der Waals surface area contributed by atoms with Crippen LogP contribution in [0.1, 0.15) is 49.4 Å². The number of rotatable bonds is 3. The van der Waals surface area contributed by atoms with Crippen LogP contribution in [0.4, 0.5) is 0 Å². The molecule has 1 amide bonds. The van der Waals surface area contributed by atoms with Gasteiger partial charge in [-0.05, 0) is 53.7 Å². The minimum absolute atomic E-state index is 0.00354. The van der Waals surface area contributed by atoms with Crippen molar-refractivity contribution < 1.29 is 4.79 Å². The first-order valence-corrected chi connectivity index (χ1v) is 7.38. The molecule has 98 valence electrons. The molecule has 1 fully saturated rings. The first-order valence-electron chi connectivity index (χ1n) is 6.59. The number of halogens is 1. The summed E-state index contributed by atoms with van der Waals surface area (Å²) in [6.07, 6.45) is 8.05. The largest absolute Gasteiger partial charge is 0.349 e. The van der Waals surface area contributed by atoms with E-state index in [4.69, 9.17) is 0 Å². The van der Waals surface area contributed by atoms with Gasteiger partial charge >= 0.3 is 0 Å². The predicted octanol–water partition coefficient (Wildman–Crippen LogP) is 3.54. The number of hydrogen-bond donors (Lipinski definition) is 1. The van der Waals surface area contributed by atoms with Gasteiger partial charge < -0.3 is 5.32 Å². The number of nitrogens with zero attached hydrogens (tertiary/aromatic N) is 1. The third-order valence-electron chi connectivity index (χ3n) is 3.70. The van der Waals surface area contributed by atoms with Gasteiger partial charge in [-0.2, -0.15) is 0 Å². The minimum atomic E-state index is -0.00354. The molecule has 1 N–H and O–H groups in total. The Kier molecular flexibility index (Phi) is 4.75. The maximum Gasteiger partial charge on any atom is 0.251 e. The van der Waals surface area contributed by atoms with Gasteiger partial charge in [-0.3, -0.25) is 4.79 Å². The van der Waals surface area contributed by atoms with Crippen LogP contribution in [-0.4, -0.2) is 16.9 Å². The standard InChI is InChI=1S/C14H19BrN2O/c1-10(11-5-3-2-4-6-11)17-14(18)12-7-8-16-13(15)9-12/h7-11H,2-6H2,1H3,(H,17,18). The van der Waals surface area contributed by atoms with Crippen molar-refractivity contribution in [3.63, 3.8) is 0 Å². The predicted molar refractivity (Wildman–Crippen MR) is 75.4 cm³/mol. The second-order valence-corrected chi connectivity index (χ2v) is 5.84. The van der Waals surface area contributed by atoms with Crippen molar-refractivity contribution in [2.45, 2.75) is 45.1 Å². The van der Waals surface area contributed by atoms with E-state index in [1.165, 1.54) is 32.1 Å². The van der Waals surface area contributed by atoms with Crippen molar-refractivity contribution in [1.82, 2.24) is 10.3 Å². The van der Waals surface area contributed by atoms with Gasteiger partial charge in [0.15, 0.2) is 0 Å². The monoisotopic (exact) mass is 310 g/mol. The average Bonchev–Trinajstić information content (AvgIpc) is 2.39. The second kappa shape index (κ2) is 6.32. The van der Waals surface area contributed by atoms with Gasteiger partial charge in [-0.25, -0.2) is 4.98 Å². The molecule has 0 aliphatic heterocycles. The molecule has 1 aliphatic carbocycles. The summed E-state index contributed by atoms with van der Waals surface area (Å²) in [5.74, 6) is 0.629. The summed E-state index contributed by atoms with van der Waals surface area (Å²) >= 11 is 3.28. The van der Waals surface area contributed by atoms with Crippen molar-refractivity contribution in [2.75, 3.05) is 0 Å². The maximum absolute atomic E-state index is 12.1. The first kappa shape index (κ1) is 13.5. The second-order valence-electron chi connectivity index (χ2n) is 5.03. The van der Waals surface area contributed by atoms with E-state index < -0.39 is 0 Å². The van der Waals surface area contributed by atoms with Crippen LogP contribution in [0.15, 0.2) is 22.9 Å². The third-order valence-corrected chi connectivity index (χ3v) is 4.14. The van der Waals surface area contributed by atoms with E-state index in [0.717, 1.165) is 0 Å². The van der Waals surface area contributed by atoms with Crippen LogP contribution >= 0.6 is 15.9 Å². The number of amides is 1. The molecular formula is C14H19BrN2O. The van der Waals surface area contributed by atoms with Gasteiger partial charge in [-0.15, -0.1) is 0 Å². The number of aromatic nitrogens is 1.